The third-order valence-corrected chi connectivity index (χ3v) is 3.80. The number of hydrogen-bond acceptors (Lipinski definition) is 4. The first-order valence-electron chi connectivity index (χ1n) is 6.24. The molecule has 5 heteroatoms. The molecule has 0 aliphatic rings. The van der Waals surface area contributed by atoms with Crippen molar-refractivity contribution in [2.45, 2.75) is 25.5 Å². The molecular formula is C14H18FN3S. The second-order valence-corrected chi connectivity index (χ2v) is 7.19. The zero-order valence-corrected chi connectivity index (χ0v) is 12.2. The van der Waals surface area contributed by atoms with Gasteiger partial charge in [0.15, 0.2) is 0 Å². The lowest BCUT2D eigenvalue weighted by Gasteiger charge is -2.17. The van der Waals surface area contributed by atoms with E-state index in [-0.39, 0.29) is 10.6 Å². The minimum atomic E-state index is -0.269. The Morgan fingerprint density at radius 3 is 2.79 bits per heavy atom. The highest BCUT2D eigenvalue weighted by atomic mass is 32.2. The molecular weight excluding hydrogens is 261 g/mol. The third kappa shape index (κ3) is 4.06. The summed E-state index contributed by atoms with van der Waals surface area (Å²) in [6.45, 7) is 7.36. The maximum Gasteiger partial charge on any atom is 0.137 e. The Balaban J connectivity index is 2.06. The predicted molar refractivity (Wildman–Crippen MR) is 80.2 cm³/mol. The van der Waals surface area contributed by atoms with Gasteiger partial charge in [0.25, 0.3) is 0 Å². The predicted octanol–water partition coefficient (Wildman–Crippen LogP) is 3.71. The molecule has 0 fully saturated rings. The van der Waals surface area contributed by atoms with Crippen molar-refractivity contribution in [3.8, 4) is 0 Å². The van der Waals surface area contributed by atoms with Gasteiger partial charge in [-0.25, -0.2) is 14.4 Å². The monoisotopic (exact) mass is 279 g/mol. The van der Waals surface area contributed by atoms with Crippen LogP contribution in [-0.2, 0) is 0 Å². The molecule has 1 aromatic carbocycles. The Morgan fingerprint density at radius 2 is 2.05 bits per heavy atom. The average molecular weight is 279 g/mol. The number of halogens is 1. The number of benzene rings is 1. The molecule has 1 aromatic heterocycles. The van der Waals surface area contributed by atoms with Crippen molar-refractivity contribution in [3.63, 3.8) is 0 Å². The van der Waals surface area contributed by atoms with E-state index in [4.69, 9.17) is 0 Å². The SMILES string of the molecule is CC(C)(C)SCCNc1ncnc2ccc(F)cc12. The summed E-state index contributed by atoms with van der Waals surface area (Å²) >= 11 is 1.88. The second-order valence-electron chi connectivity index (χ2n) is 5.27. The molecule has 0 spiro atoms. The van der Waals surface area contributed by atoms with Gasteiger partial charge in [0.05, 0.1) is 5.52 Å². The number of nitrogens with one attached hydrogen (secondary N) is 1. The first kappa shape index (κ1) is 14.1. The molecule has 2 rings (SSSR count). The molecule has 1 heterocycles. The zero-order valence-electron chi connectivity index (χ0n) is 11.4. The Morgan fingerprint density at radius 1 is 1.26 bits per heavy atom. The summed E-state index contributed by atoms with van der Waals surface area (Å²) in [6, 6.07) is 4.55. The standard InChI is InChI=1S/C14H18FN3S/c1-14(2,3)19-7-6-16-13-11-8-10(15)4-5-12(11)17-9-18-13/h4-5,8-9H,6-7H2,1-3H3,(H,16,17,18). The fourth-order valence-corrected chi connectivity index (χ4v) is 2.51. The van der Waals surface area contributed by atoms with Crippen LogP contribution in [0.1, 0.15) is 20.8 Å². The van der Waals surface area contributed by atoms with Gasteiger partial charge < -0.3 is 5.32 Å². The third-order valence-electron chi connectivity index (χ3n) is 2.53. The molecule has 1 N–H and O–H groups in total. The van der Waals surface area contributed by atoms with E-state index in [1.54, 1.807) is 6.07 Å². The summed E-state index contributed by atoms with van der Waals surface area (Å²) in [7, 11) is 0. The molecule has 0 radical (unpaired) electrons. The van der Waals surface area contributed by atoms with E-state index in [1.807, 2.05) is 11.8 Å². The van der Waals surface area contributed by atoms with Crippen LogP contribution in [0.15, 0.2) is 24.5 Å². The van der Waals surface area contributed by atoms with E-state index < -0.39 is 0 Å². The van der Waals surface area contributed by atoms with Crippen LogP contribution >= 0.6 is 11.8 Å². The summed E-state index contributed by atoms with van der Waals surface area (Å²) in [5.41, 5.74) is 0.752. The van der Waals surface area contributed by atoms with Crippen LogP contribution in [0, 0.1) is 5.82 Å². The molecule has 2 aromatic rings. The quantitative estimate of drug-likeness (QED) is 0.866. The van der Waals surface area contributed by atoms with Gasteiger partial charge in [-0.1, -0.05) is 20.8 Å². The number of hydrogen-bond donors (Lipinski definition) is 1. The maximum atomic E-state index is 13.3. The van der Waals surface area contributed by atoms with Gasteiger partial charge in [0.1, 0.15) is 18.0 Å². The van der Waals surface area contributed by atoms with Crippen molar-refractivity contribution >= 4 is 28.5 Å². The highest BCUT2D eigenvalue weighted by Crippen LogP contribution is 2.23. The van der Waals surface area contributed by atoms with Crippen LogP contribution in [0.3, 0.4) is 0 Å². The van der Waals surface area contributed by atoms with Crippen molar-refractivity contribution < 1.29 is 4.39 Å². The van der Waals surface area contributed by atoms with Gasteiger partial charge in [-0.15, -0.1) is 0 Å². The summed E-state index contributed by atoms with van der Waals surface area (Å²) in [5.74, 6) is 1.40. The summed E-state index contributed by atoms with van der Waals surface area (Å²) < 4.78 is 13.5. The van der Waals surface area contributed by atoms with Gasteiger partial charge in [-0.05, 0) is 18.2 Å². The highest BCUT2D eigenvalue weighted by Gasteiger charge is 2.10. The van der Waals surface area contributed by atoms with Crippen molar-refractivity contribution in [2.24, 2.45) is 0 Å². The summed E-state index contributed by atoms with van der Waals surface area (Å²) in [4.78, 5) is 8.31. The van der Waals surface area contributed by atoms with Crippen LogP contribution in [0.25, 0.3) is 10.9 Å². The van der Waals surface area contributed by atoms with Gasteiger partial charge in [0.2, 0.25) is 0 Å². The molecule has 3 nitrogen and oxygen atoms in total. The minimum Gasteiger partial charge on any atom is -0.369 e. The summed E-state index contributed by atoms with van der Waals surface area (Å²) in [6.07, 6.45) is 1.50. The Bertz CT molecular complexity index is 566. The Kier molecular flexibility index (Phi) is 4.24. The van der Waals surface area contributed by atoms with Crippen LogP contribution in [0.4, 0.5) is 10.2 Å². The number of rotatable bonds is 4. The number of aromatic nitrogens is 2. The Labute approximate surface area is 117 Å². The fraction of sp³-hybridized carbons (Fsp3) is 0.429. The van der Waals surface area contributed by atoms with Crippen molar-refractivity contribution in [1.29, 1.82) is 0 Å². The van der Waals surface area contributed by atoms with Crippen molar-refractivity contribution in [2.75, 3.05) is 17.6 Å². The molecule has 102 valence electrons. The second kappa shape index (κ2) is 5.74. The fourth-order valence-electron chi connectivity index (χ4n) is 1.70. The van der Waals surface area contributed by atoms with Gasteiger partial charge in [-0.2, -0.15) is 11.8 Å². The molecule has 0 unspecified atom stereocenters. The van der Waals surface area contributed by atoms with Gasteiger partial charge in [-0.3, -0.25) is 0 Å². The highest BCUT2D eigenvalue weighted by molar-refractivity contribution is 8.00. The largest absolute Gasteiger partial charge is 0.369 e. The molecule has 0 aliphatic heterocycles. The lowest BCUT2D eigenvalue weighted by molar-refractivity contribution is 0.629. The Hall–Kier alpha value is -1.36. The van der Waals surface area contributed by atoms with Gasteiger partial charge >= 0.3 is 0 Å². The van der Waals surface area contributed by atoms with Crippen LogP contribution in [0.5, 0.6) is 0 Å². The molecule has 0 amide bonds. The van der Waals surface area contributed by atoms with Crippen LogP contribution < -0.4 is 5.32 Å². The number of thioether (sulfide) groups is 1. The minimum absolute atomic E-state index is 0.252. The van der Waals surface area contributed by atoms with Crippen LogP contribution in [-0.4, -0.2) is 27.0 Å². The number of nitrogens with zero attached hydrogens (tertiary/aromatic N) is 2. The van der Waals surface area contributed by atoms with Crippen LogP contribution in [0.2, 0.25) is 0 Å². The molecule has 19 heavy (non-hydrogen) atoms. The number of anilines is 1. The van der Waals surface area contributed by atoms with E-state index in [2.05, 4.69) is 36.1 Å². The lowest BCUT2D eigenvalue weighted by atomic mass is 10.2. The first-order chi connectivity index (χ1) is 8.96. The maximum absolute atomic E-state index is 13.3. The van der Waals surface area contributed by atoms with E-state index >= 15 is 0 Å². The van der Waals surface area contributed by atoms with Gasteiger partial charge in [0, 0.05) is 22.4 Å². The molecule has 0 saturated heterocycles. The number of fused-ring (bicyclic) bond motifs is 1. The smallest absolute Gasteiger partial charge is 0.137 e. The first-order valence-corrected chi connectivity index (χ1v) is 7.22. The topological polar surface area (TPSA) is 37.8 Å². The van der Waals surface area contributed by atoms with Crippen molar-refractivity contribution in [3.05, 3.63) is 30.3 Å². The van der Waals surface area contributed by atoms with E-state index in [0.29, 0.717) is 5.82 Å². The summed E-state index contributed by atoms with van der Waals surface area (Å²) in [5, 5.41) is 3.97. The molecule has 0 bridgehead atoms. The van der Waals surface area contributed by atoms with E-state index in [9.17, 15) is 4.39 Å². The molecule has 0 atom stereocenters. The van der Waals surface area contributed by atoms with Crippen molar-refractivity contribution in [1.82, 2.24) is 9.97 Å². The molecule has 0 aliphatic carbocycles. The van der Waals surface area contributed by atoms with E-state index in [0.717, 1.165) is 23.2 Å². The average Bonchev–Trinajstić information content (AvgIpc) is 2.33. The zero-order chi connectivity index (χ0) is 13.9. The molecule has 0 saturated carbocycles. The normalized spacial score (nSPS) is 11.8. The lowest BCUT2D eigenvalue weighted by Crippen LogP contribution is -2.13. The van der Waals surface area contributed by atoms with E-state index in [1.165, 1.54) is 18.5 Å².